The molecule has 4 heteroatoms. The highest BCUT2D eigenvalue weighted by molar-refractivity contribution is 9.11. The number of methoxy groups -OCH3 is 1. The lowest BCUT2D eigenvalue weighted by Gasteiger charge is -2.24. The third-order valence-electron chi connectivity index (χ3n) is 1.45. The van der Waals surface area contributed by atoms with Crippen molar-refractivity contribution in [2.75, 3.05) is 7.11 Å². The third kappa shape index (κ3) is 1.68. The number of ether oxygens (including phenoxy) is 1. The Kier molecular flexibility index (Phi) is 2.44. The van der Waals surface area contributed by atoms with Gasteiger partial charge in [0, 0.05) is 11.6 Å². The van der Waals surface area contributed by atoms with Crippen LogP contribution in [-0.4, -0.2) is 19.1 Å². The second-order valence-electron chi connectivity index (χ2n) is 2.19. The molecule has 1 aliphatic carbocycles. The first-order valence-electron chi connectivity index (χ1n) is 3.03. The van der Waals surface area contributed by atoms with E-state index in [0.29, 0.717) is 4.48 Å². The number of hydrogen-bond acceptors (Lipinski definition) is 1. The number of halogens is 3. The minimum atomic E-state index is -2.31. The van der Waals surface area contributed by atoms with Gasteiger partial charge in [-0.3, -0.25) is 0 Å². The van der Waals surface area contributed by atoms with Crippen molar-refractivity contribution >= 4 is 15.9 Å². The predicted molar refractivity (Wildman–Crippen MR) is 41.9 cm³/mol. The molecule has 1 rings (SSSR count). The van der Waals surface area contributed by atoms with Crippen molar-refractivity contribution < 1.29 is 13.5 Å². The van der Waals surface area contributed by atoms with Crippen LogP contribution in [0, 0.1) is 0 Å². The van der Waals surface area contributed by atoms with Crippen molar-refractivity contribution in [1.29, 1.82) is 0 Å². The molecule has 0 saturated heterocycles. The van der Waals surface area contributed by atoms with Gasteiger partial charge in [-0.15, -0.1) is 0 Å². The zero-order valence-electron chi connectivity index (χ0n) is 5.85. The van der Waals surface area contributed by atoms with Crippen LogP contribution in [0.5, 0.6) is 0 Å². The minimum absolute atomic E-state index is 0.482. The third-order valence-corrected chi connectivity index (χ3v) is 1.94. The number of rotatable bonds is 1. The molecule has 0 amide bonds. The van der Waals surface area contributed by atoms with Gasteiger partial charge in [-0.25, -0.2) is 8.78 Å². The van der Waals surface area contributed by atoms with Crippen molar-refractivity contribution in [3.05, 3.63) is 22.7 Å². The summed E-state index contributed by atoms with van der Waals surface area (Å²) in [6.45, 7) is 0. The molecular weight excluding hydrogens is 218 g/mol. The van der Waals surface area contributed by atoms with E-state index in [2.05, 4.69) is 20.7 Å². The van der Waals surface area contributed by atoms with E-state index in [1.165, 1.54) is 6.08 Å². The summed E-state index contributed by atoms with van der Waals surface area (Å²) in [5.41, 5.74) is 0. The zero-order chi connectivity index (χ0) is 8.48. The van der Waals surface area contributed by atoms with Gasteiger partial charge in [-0.05, 0) is 18.2 Å². The molecule has 0 aliphatic heterocycles. The molecule has 0 aromatic carbocycles. The predicted octanol–water partition coefficient (Wildman–Crippen LogP) is 2.49. The molecule has 0 aromatic heterocycles. The highest BCUT2D eigenvalue weighted by Crippen LogP contribution is 2.30. The Hall–Kier alpha value is -0.220. The van der Waals surface area contributed by atoms with Gasteiger partial charge in [0.1, 0.15) is 0 Å². The van der Waals surface area contributed by atoms with Crippen molar-refractivity contribution in [3.8, 4) is 0 Å². The molecule has 1 aliphatic rings. The van der Waals surface area contributed by atoms with Gasteiger partial charge < -0.3 is 4.74 Å². The summed E-state index contributed by atoms with van der Waals surface area (Å²) in [6.07, 6.45) is 1.88. The lowest BCUT2D eigenvalue weighted by molar-refractivity contribution is -0.117. The van der Waals surface area contributed by atoms with Gasteiger partial charge in [0.05, 0.1) is 0 Å². The van der Waals surface area contributed by atoms with Crippen LogP contribution in [0.1, 0.15) is 0 Å². The van der Waals surface area contributed by atoms with Gasteiger partial charge in [0.25, 0.3) is 5.85 Å². The average Bonchev–Trinajstić information content (AvgIpc) is 1.98. The van der Waals surface area contributed by atoms with Crippen LogP contribution >= 0.6 is 15.9 Å². The highest BCUT2D eigenvalue weighted by Gasteiger charge is 2.38. The maximum atomic E-state index is 13.2. The van der Waals surface area contributed by atoms with E-state index in [9.17, 15) is 8.78 Å². The smallest absolute Gasteiger partial charge is 0.264 e. The zero-order valence-corrected chi connectivity index (χ0v) is 7.44. The molecule has 11 heavy (non-hydrogen) atoms. The number of hydrogen-bond donors (Lipinski definition) is 0. The van der Waals surface area contributed by atoms with Crippen molar-refractivity contribution in [3.63, 3.8) is 0 Å². The molecule has 0 bridgehead atoms. The topological polar surface area (TPSA) is 9.23 Å². The summed E-state index contributed by atoms with van der Waals surface area (Å²) in [5, 5.41) is 0. The molecule has 0 fully saturated rings. The molecule has 0 spiro atoms. The molecule has 0 aromatic rings. The van der Waals surface area contributed by atoms with Gasteiger partial charge >= 0.3 is 0 Å². The highest BCUT2D eigenvalue weighted by atomic mass is 79.9. The average molecular weight is 225 g/mol. The fourth-order valence-electron chi connectivity index (χ4n) is 0.795. The first-order chi connectivity index (χ1) is 5.08. The fraction of sp³-hybridized carbons (Fsp3) is 0.429. The van der Waals surface area contributed by atoms with Crippen molar-refractivity contribution in [2.45, 2.75) is 12.0 Å². The maximum absolute atomic E-state index is 13.2. The first-order valence-corrected chi connectivity index (χ1v) is 3.82. The van der Waals surface area contributed by atoms with Gasteiger partial charge in [0.2, 0.25) is 0 Å². The quantitative estimate of drug-likeness (QED) is 0.666. The van der Waals surface area contributed by atoms with Crippen LogP contribution in [0.2, 0.25) is 0 Å². The van der Waals surface area contributed by atoms with E-state index in [-0.39, 0.29) is 0 Å². The minimum Gasteiger partial charge on any atom is -0.344 e. The summed E-state index contributed by atoms with van der Waals surface area (Å²) in [7, 11) is 1.13. The van der Waals surface area contributed by atoms with Crippen molar-refractivity contribution in [1.82, 2.24) is 0 Å². The van der Waals surface area contributed by atoms with E-state index in [0.717, 1.165) is 19.3 Å². The lowest BCUT2D eigenvalue weighted by atomic mass is 10.1. The largest absolute Gasteiger partial charge is 0.344 e. The van der Waals surface area contributed by atoms with Crippen molar-refractivity contribution in [2.24, 2.45) is 0 Å². The van der Waals surface area contributed by atoms with Crippen LogP contribution in [0.25, 0.3) is 0 Å². The van der Waals surface area contributed by atoms with E-state index in [1.807, 2.05) is 0 Å². The molecular formula is C7H7BrF2O. The van der Waals surface area contributed by atoms with Gasteiger partial charge in [0.15, 0.2) is 6.17 Å². The lowest BCUT2D eigenvalue weighted by Crippen LogP contribution is -2.35. The SMILES string of the molecule is COC1(F)C=C(Br)C=CC1F. The van der Waals surface area contributed by atoms with E-state index in [1.54, 1.807) is 0 Å². The second kappa shape index (κ2) is 3.03. The number of allylic oxidation sites excluding steroid dienone is 2. The molecule has 0 N–H and O–H groups in total. The Bertz CT molecular complexity index is 214. The van der Waals surface area contributed by atoms with Crippen LogP contribution in [0.15, 0.2) is 22.7 Å². The molecule has 0 heterocycles. The molecule has 62 valence electrons. The maximum Gasteiger partial charge on any atom is 0.264 e. The molecule has 1 nitrogen and oxygen atoms in total. The van der Waals surface area contributed by atoms with Gasteiger partial charge in [-0.1, -0.05) is 15.9 Å². The molecule has 2 atom stereocenters. The standard InChI is InChI=1S/C7H7BrF2O/c1-11-7(10)4-5(8)2-3-6(7)9/h2-4,6H,1H3. The summed E-state index contributed by atoms with van der Waals surface area (Å²) in [5.74, 6) is -2.31. The Morgan fingerprint density at radius 3 is 2.82 bits per heavy atom. The van der Waals surface area contributed by atoms with Crippen LogP contribution in [0.3, 0.4) is 0 Å². The Balaban J connectivity index is 2.89. The summed E-state index contributed by atoms with van der Waals surface area (Å²) in [6, 6.07) is 0. The van der Waals surface area contributed by atoms with E-state index >= 15 is 0 Å². The summed E-state index contributed by atoms with van der Waals surface area (Å²) in [4.78, 5) is 0. The van der Waals surface area contributed by atoms with E-state index in [4.69, 9.17) is 0 Å². The Morgan fingerprint density at radius 2 is 2.36 bits per heavy atom. The van der Waals surface area contributed by atoms with Crippen LogP contribution < -0.4 is 0 Å². The Labute approximate surface area is 71.9 Å². The molecule has 2 unspecified atom stereocenters. The monoisotopic (exact) mass is 224 g/mol. The summed E-state index contributed by atoms with van der Waals surface area (Å²) < 4.78 is 30.8. The van der Waals surface area contributed by atoms with Gasteiger partial charge in [-0.2, -0.15) is 0 Å². The fourth-order valence-corrected chi connectivity index (χ4v) is 1.26. The van der Waals surface area contributed by atoms with Crippen LogP contribution in [-0.2, 0) is 4.74 Å². The summed E-state index contributed by atoms with van der Waals surface area (Å²) >= 11 is 3.02. The Morgan fingerprint density at radius 1 is 1.73 bits per heavy atom. The number of alkyl halides is 2. The first kappa shape index (κ1) is 8.87. The van der Waals surface area contributed by atoms with E-state index < -0.39 is 12.0 Å². The second-order valence-corrected chi connectivity index (χ2v) is 3.11. The molecule has 0 radical (unpaired) electrons. The molecule has 0 saturated carbocycles. The van der Waals surface area contributed by atoms with Crippen LogP contribution in [0.4, 0.5) is 8.78 Å². The normalized spacial score (nSPS) is 37.1.